The van der Waals surface area contributed by atoms with Crippen LogP contribution in [-0.4, -0.2) is 4.98 Å². The van der Waals surface area contributed by atoms with E-state index in [0.29, 0.717) is 11.7 Å². The summed E-state index contributed by atoms with van der Waals surface area (Å²) in [6.45, 7) is 3.97. The molecular formula is C17H15NO2. The Hall–Kier alpha value is -2.55. The van der Waals surface area contributed by atoms with Gasteiger partial charge in [0.25, 0.3) is 5.89 Å². The van der Waals surface area contributed by atoms with E-state index >= 15 is 0 Å². The Morgan fingerprint density at radius 2 is 1.80 bits per heavy atom. The number of benzene rings is 1. The van der Waals surface area contributed by atoms with Crippen LogP contribution in [0.1, 0.15) is 22.6 Å². The third-order valence-corrected chi connectivity index (χ3v) is 3.08. The van der Waals surface area contributed by atoms with Crippen molar-refractivity contribution in [2.75, 3.05) is 0 Å². The van der Waals surface area contributed by atoms with Crippen molar-refractivity contribution in [3.63, 3.8) is 0 Å². The number of aryl methyl sites for hydroxylation is 2. The van der Waals surface area contributed by atoms with Crippen LogP contribution in [0.15, 0.2) is 51.5 Å². The van der Waals surface area contributed by atoms with Crippen molar-refractivity contribution in [3.05, 3.63) is 65.2 Å². The first-order chi connectivity index (χ1) is 9.72. The number of aromatic nitrogens is 1. The van der Waals surface area contributed by atoms with Gasteiger partial charge in [-0.1, -0.05) is 35.9 Å². The summed E-state index contributed by atoms with van der Waals surface area (Å²) >= 11 is 0. The van der Waals surface area contributed by atoms with Gasteiger partial charge in [-0.05, 0) is 37.6 Å². The molecule has 0 spiro atoms. The summed E-state index contributed by atoms with van der Waals surface area (Å²) in [6.07, 6.45) is 5.59. The molecule has 0 saturated heterocycles. The van der Waals surface area contributed by atoms with Crippen molar-refractivity contribution >= 4 is 12.2 Å². The highest BCUT2D eigenvalue weighted by atomic mass is 16.4. The molecule has 3 aromatic rings. The van der Waals surface area contributed by atoms with Crippen molar-refractivity contribution in [2.24, 2.45) is 0 Å². The lowest BCUT2D eigenvalue weighted by Crippen LogP contribution is -1.77. The Bertz CT molecular complexity index is 719. The van der Waals surface area contributed by atoms with Gasteiger partial charge in [-0.2, -0.15) is 0 Å². The van der Waals surface area contributed by atoms with E-state index in [1.807, 2.05) is 31.2 Å². The number of furan rings is 1. The Balaban J connectivity index is 1.86. The van der Waals surface area contributed by atoms with E-state index in [0.717, 1.165) is 17.0 Å². The van der Waals surface area contributed by atoms with E-state index in [2.05, 4.69) is 36.2 Å². The summed E-state index contributed by atoms with van der Waals surface area (Å²) in [7, 11) is 0. The van der Waals surface area contributed by atoms with Gasteiger partial charge in [-0.3, -0.25) is 0 Å². The fourth-order valence-electron chi connectivity index (χ4n) is 1.92. The molecule has 0 aliphatic carbocycles. The van der Waals surface area contributed by atoms with Crippen LogP contribution in [0.3, 0.4) is 0 Å². The summed E-state index contributed by atoms with van der Waals surface area (Å²) in [6, 6.07) is 12.0. The second kappa shape index (κ2) is 5.21. The third kappa shape index (κ3) is 2.57. The predicted octanol–water partition coefficient (Wildman–Crippen LogP) is 4.72. The number of hydrogen-bond donors (Lipinski definition) is 0. The number of oxazole rings is 1. The summed E-state index contributed by atoms with van der Waals surface area (Å²) in [5.41, 5.74) is 3.20. The molecule has 0 aliphatic rings. The molecule has 0 radical (unpaired) electrons. The van der Waals surface area contributed by atoms with Crippen LogP contribution in [0.5, 0.6) is 0 Å². The van der Waals surface area contributed by atoms with Crippen LogP contribution >= 0.6 is 0 Å². The van der Waals surface area contributed by atoms with Gasteiger partial charge in [-0.25, -0.2) is 4.98 Å². The SMILES string of the molecule is Cc1ccc(/C=C/c2nc(-c3ccco3)oc2C)cc1. The Morgan fingerprint density at radius 3 is 2.50 bits per heavy atom. The highest BCUT2D eigenvalue weighted by molar-refractivity contribution is 5.69. The molecule has 20 heavy (non-hydrogen) atoms. The lowest BCUT2D eigenvalue weighted by atomic mass is 10.1. The molecule has 0 aliphatic heterocycles. The number of rotatable bonds is 3. The van der Waals surface area contributed by atoms with Crippen molar-refractivity contribution < 1.29 is 8.83 Å². The Labute approximate surface area is 117 Å². The second-order valence-electron chi connectivity index (χ2n) is 4.68. The summed E-state index contributed by atoms with van der Waals surface area (Å²) in [5.74, 6) is 1.93. The number of nitrogens with zero attached hydrogens (tertiary/aromatic N) is 1. The average Bonchev–Trinajstić information content (AvgIpc) is 3.08. The maximum atomic E-state index is 5.61. The zero-order chi connectivity index (χ0) is 13.9. The molecule has 2 aromatic heterocycles. The van der Waals surface area contributed by atoms with E-state index in [1.165, 1.54) is 5.56 Å². The molecule has 0 fully saturated rings. The second-order valence-corrected chi connectivity index (χ2v) is 4.68. The zero-order valence-corrected chi connectivity index (χ0v) is 11.5. The topological polar surface area (TPSA) is 39.2 Å². The third-order valence-electron chi connectivity index (χ3n) is 3.08. The van der Waals surface area contributed by atoms with E-state index in [-0.39, 0.29) is 0 Å². The first-order valence-corrected chi connectivity index (χ1v) is 6.48. The van der Waals surface area contributed by atoms with Gasteiger partial charge in [0.15, 0.2) is 5.76 Å². The fraction of sp³-hybridized carbons (Fsp3) is 0.118. The van der Waals surface area contributed by atoms with Gasteiger partial charge >= 0.3 is 0 Å². The zero-order valence-electron chi connectivity index (χ0n) is 11.5. The molecular weight excluding hydrogens is 250 g/mol. The van der Waals surface area contributed by atoms with Crippen LogP contribution < -0.4 is 0 Å². The van der Waals surface area contributed by atoms with Gasteiger partial charge in [0.1, 0.15) is 11.5 Å². The van der Waals surface area contributed by atoms with E-state index in [4.69, 9.17) is 8.83 Å². The average molecular weight is 265 g/mol. The normalized spacial score (nSPS) is 11.3. The van der Waals surface area contributed by atoms with Crippen molar-refractivity contribution in [2.45, 2.75) is 13.8 Å². The van der Waals surface area contributed by atoms with Gasteiger partial charge in [0.05, 0.1) is 6.26 Å². The Morgan fingerprint density at radius 1 is 1.00 bits per heavy atom. The molecule has 3 rings (SSSR count). The van der Waals surface area contributed by atoms with Gasteiger partial charge < -0.3 is 8.83 Å². The summed E-state index contributed by atoms with van der Waals surface area (Å²) in [5, 5.41) is 0. The molecule has 0 N–H and O–H groups in total. The van der Waals surface area contributed by atoms with Crippen LogP contribution in [0.2, 0.25) is 0 Å². The molecule has 0 saturated carbocycles. The first kappa shape index (κ1) is 12.5. The molecule has 100 valence electrons. The van der Waals surface area contributed by atoms with Crippen LogP contribution in [0.4, 0.5) is 0 Å². The lowest BCUT2D eigenvalue weighted by Gasteiger charge is -1.94. The lowest BCUT2D eigenvalue weighted by molar-refractivity contribution is 0.500. The highest BCUT2D eigenvalue weighted by Gasteiger charge is 2.11. The van der Waals surface area contributed by atoms with Gasteiger partial charge in [0.2, 0.25) is 0 Å². The van der Waals surface area contributed by atoms with Crippen LogP contribution in [0.25, 0.3) is 23.8 Å². The summed E-state index contributed by atoms with van der Waals surface area (Å²) in [4.78, 5) is 4.44. The van der Waals surface area contributed by atoms with Gasteiger partial charge in [-0.15, -0.1) is 0 Å². The van der Waals surface area contributed by atoms with Crippen LogP contribution in [-0.2, 0) is 0 Å². The minimum Gasteiger partial charge on any atom is -0.459 e. The van der Waals surface area contributed by atoms with E-state index in [1.54, 1.807) is 6.26 Å². The molecule has 2 heterocycles. The minimum atomic E-state index is 0.510. The molecule has 0 amide bonds. The van der Waals surface area contributed by atoms with Gasteiger partial charge in [0, 0.05) is 0 Å². The Kier molecular flexibility index (Phi) is 3.25. The monoisotopic (exact) mass is 265 g/mol. The van der Waals surface area contributed by atoms with Crippen molar-refractivity contribution in [3.8, 4) is 11.7 Å². The largest absolute Gasteiger partial charge is 0.459 e. The van der Waals surface area contributed by atoms with Crippen LogP contribution in [0, 0.1) is 13.8 Å². The van der Waals surface area contributed by atoms with E-state index < -0.39 is 0 Å². The molecule has 3 heteroatoms. The maximum absolute atomic E-state index is 5.61. The predicted molar refractivity (Wildman–Crippen MR) is 79.0 cm³/mol. The maximum Gasteiger partial charge on any atom is 0.263 e. The molecule has 1 aromatic carbocycles. The molecule has 0 unspecified atom stereocenters. The van der Waals surface area contributed by atoms with E-state index in [9.17, 15) is 0 Å². The fourth-order valence-corrected chi connectivity index (χ4v) is 1.92. The number of hydrogen-bond acceptors (Lipinski definition) is 3. The first-order valence-electron chi connectivity index (χ1n) is 6.48. The highest BCUT2D eigenvalue weighted by Crippen LogP contribution is 2.23. The quantitative estimate of drug-likeness (QED) is 0.687. The molecule has 0 bridgehead atoms. The molecule has 0 atom stereocenters. The standard InChI is InChI=1S/C17H15NO2/c1-12-5-7-14(8-6-12)9-10-15-13(2)20-17(18-15)16-4-3-11-19-16/h3-11H,1-2H3/b10-9+. The smallest absolute Gasteiger partial charge is 0.263 e. The van der Waals surface area contributed by atoms with Crippen molar-refractivity contribution in [1.29, 1.82) is 0 Å². The summed E-state index contributed by atoms with van der Waals surface area (Å²) < 4.78 is 10.9. The van der Waals surface area contributed by atoms with Crippen molar-refractivity contribution in [1.82, 2.24) is 4.98 Å². The minimum absolute atomic E-state index is 0.510. The molecule has 3 nitrogen and oxygen atoms in total.